The van der Waals surface area contributed by atoms with Gasteiger partial charge in [-0.1, -0.05) is 0 Å². The lowest BCUT2D eigenvalue weighted by Gasteiger charge is -2.36. The number of anilines is 3. The summed E-state index contributed by atoms with van der Waals surface area (Å²) in [5, 5.41) is 4.27. The van der Waals surface area contributed by atoms with Gasteiger partial charge in [-0.2, -0.15) is 9.50 Å². The fourth-order valence-corrected chi connectivity index (χ4v) is 4.04. The van der Waals surface area contributed by atoms with Crippen molar-refractivity contribution in [2.45, 2.75) is 0 Å². The minimum Gasteiger partial charge on any atom is -0.491 e. The number of benzene rings is 1. The van der Waals surface area contributed by atoms with Gasteiger partial charge in [-0.15, -0.1) is 5.10 Å². The van der Waals surface area contributed by atoms with Gasteiger partial charge in [0, 0.05) is 69.2 Å². The van der Waals surface area contributed by atoms with Gasteiger partial charge in [-0.3, -0.25) is 4.90 Å². The van der Waals surface area contributed by atoms with Gasteiger partial charge in [0.2, 0.25) is 11.8 Å². The van der Waals surface area contributed by atoms with E-state index in [9.17, 15) is 0 Å². The van der Waals surface area contributed by atoms with E-state index in [-0.39, 0.29) is 30.0 Å². The molecule has 0 aliphatic carbocycles. The first-order valence-electron chi connectivity index (χ1n) is 13.2. The Morgan fingerprint density at radius 1 is 1.14 bits per heavy atom. The number of piperazine rings is 1. The van der Waals surface area contributed by atoms with Gasteiger partial charge < -0.3 is 29.4 Å². The van der Waals surface area contributed by atoms with Crippen molar-refractivity contribution in [3.63, 3.8) is 0 Å². The Labute approximate surface area is 213 Å². The maximum Gasteiger partial charge on any atom is 0.266 e. The number of hydrogen-bond acceptors (Lipinski definition) is 11. The molecule has 1 aliphatic rings. The third-order valence-electron chi connectivity index (χ3n) is 6.01. The number of aromatic nitrogens is 5. The summed E-state index contributed by atoms with van der Waals surface area (Å²) in [6.45, 7) is 2.71. The van der Waals surface area contributed by atoms with Crippen molar-refractivity contribution in [1.82, 2.24) is 29.5 Å². The van der Waals surface area contributed by atoms with Gasteiger partial charge >= 0.3 is 0 Å². The minimum atomic E-state index is -2.42. The van der Waals surface area contributed by atoms with Crippen LogP contribution in [0.2, 0.25) is 0 Å². The summed E-state index contributed by atoms with van der Waals surface area (Å²) in [7, 11) is 1.65. The third kappa shape index (κ3) is 5.34. The molecule has 4 heterocycles. The number of nitrogens with two attached hydrogens (primary N) is 1. The Bertz CT molecular complexity index is 1360. The first-order chi connectivity index (χ1) is 18.8. The predicted octanol–water partition coefficient (Wildman–Crippen LogP) is 1.65. The van der Waals surface area contributed by atoms with Crippen LogP contribution in [-0.4, -0.2) is 96.0 Å². The second-order valence-corrected chi connectivity index (χ2v) is 8.33. The number of nitrogens with zero attached hydrogens (tertiary/aromatic N) is 8. The van der Waals surface area contributed by atoms with E-state index in [1.54, 1.807) is 13.2 Å². The molecule has 0 saturated carbocycles. The minimum absolute atomic E-state index is 0.0192. The Kier molecular flexibility index (Phi) is 6.09. The molecule has 0 amide bonds. The van der Waals surface area contributed by atoms with Crippen molar-refractivity contribution in [2.24, 2.45) is 0 Å². The van der Waals surface area contributed by atoms with Crippen LogP contribution in [-0.2, 0) is 4.74 Å². The van der Waals surface area contributed by atoms with Crippen molar-refractivity contribution < 1.29 is 18.0 Å². The third-order valence-corrected chi connectivity index (χ3v) is 6.01. The molecule has 1 aromatic carbocycles. The average Bonchev–Trinajstić information content (AvgIpc) is 3.60. The Balaban J connectivity index is 1.21. The fraction of sp³-hybridized carbons (Fsp3) is 0.417. The van der Waals surface area contributed by atoms with Crippen LogP contribution in [0.5, 0.6) is 5.75 Å². The van der Waals surface area contributed by atoms with Gasteiger partial charge in [-0.05, 0) is 24.3 Å². The van der Waals surface area contributed by atoms with Gasteiger partial charge in [-0.25, -0.2) is 9.97 Å². The maximum absolute atomic E-state index is 8.12. The van der Waals surface area contributed by atoms with Crippen molar-refractivity contribution >= 4 is 23.1 Å². The van der Waals surface area contributed by atoms with E-state index in [4.69, 9.17) is 23.7 Å². The molecule has 0 spiro atoms. The predicted molar refractivity (Wildman–Crippen MR) is 136 cm³/mol. The highest BCUT2D eigenvalue weighted by atomic mass is 16.5. The monoisotopic (exact) mass is 496 g/mol. The van der Waals surface area contributed by atoms with Gasteiger partial charge in [0.25, 0.3) is 5.89 Å². The van der Waals surface area contributed by atoms with Crippen LogP contribution in [0.1, 0.15) is 4.11 Å². The van der Waals surface area contributed by atoms with Crippen LogP contribution >= 0.6 is 0 Å². The molecule has 0 unspecified atom stereocenters. The summed E-state index contributed by atoms with van der Waals surface area (Å²) in [6, 6.07) is 9.59. The topological polar surface area (TPSA) is 123 Å². The summed E-state index contributed by atoms with van der Waals surface area (Å²) >= 11 is 0. The molecule has 5 rings (SSSR count). The zero-order chi connectivity index (χ0) is 27.4. The normalized spacial score (nSPS) is 16.0. The zero-order valence-electron chi connectivity index (χ0n) is 23.1. The van der Waals surface area contributed by atoms with Gasteiger partial charge in [0.05, 0.1) is 12.8 Å². The molecule has 3 aromatic heterocycles. The average molecular weight is 497 g/mol. The van der Waals surface area contributed by atoms with E-state index < -0.39 is 6.98 Å². The van der Waals surface area contributed by atoms with Gasteiger partial charge in [0.1, 0.15) is 24.4 Å². The molecule has 0 atom stereocenters. The standard InChI is InChI=1S/C24H31N9O3/c1-30(20-17-21-27-22(23-26-7-14-36-23)29-33(21)24(25)28-20)8-9-31-10-12-32(13-11-31)18-3-5-19(6-4-18)35-16-15-34-2/h3-7,14,17H,8-13,15-16H2,1-2H3,(H2,25,28)/i1D3. The summed E-state index contributed by atoms with van der Waals surface area (Å²) < 4.78 is 41.6. The number of likely N-dealkylation sites (N-methyl/N-ethyl adjacent to an activating group) is 1. The molecular formula is C24H31N9O3. The van der Waals surface area contributed by atoms with Crippen LogP contribution in [0.25, 0.3) is 17.4 Å². The fourth-order valence-electron chi connectivity index (χ4n) is 4.04. The molecule has 12 heteroatoms. The number of rotatable bonds is 10. The quantitative estimate of drug-likeness (QED) is 0.322. The Morgan fingerprint density at radius 2 is 1.97 bits per heavy atom. The lowest BCUT2D eigenvalue weighted by molar-refractivity contribution is 0.146. The van der Waals surface area contributed by atoms with Crippen molar-refractivity contribution in [2.75, 3.05) is 82.1 Å². The Hall–Kier alpha value is -3.90. The second kappa shape index (κ2) is 10.8. The molecular weight excluding hydrogens is 462 g/mol. The van der Waals surface area contributed by atoms with Crippen LogP contribution in [0.15, 0.2) is 47.2 Å². The number of oxazole rings is 1. The van der Waals surface area contributed by atoms with Crippen molar-refractivity contribution in [1.29, 1.82) is 0 Å². The zero-order valence-corrected chi connectivity index (χ0v) is 20.1. The highest BCUT2D eigenvalue weighted by molar-refractivity contribution is 5.58. The molecule has 190 valence electrons. The number of ether oxygens (including phenoxy) is 2. The van der Waals surface area contributed by atoms with E-state index in [2.05, 4.69) is 42.0 Å². The van der Waals surface area contributed by atoms with Crippen molar-refractivity contribution in [3.05, 3.63) is 42.8 Å². The summed E-state index contributed by atoms with van der Waals surface area (Å²) in [6.07, 6.45) is 2.90. The molecule has 1 aliphatic heterocycles. The molecule has 2 N–H and O–H groups in total. The maximum atomic E-state index is 8.12. The molecule has 1 fully saturated rings. The molecule has 0 bridgehead atoms. The lowest BCUT2D eigenvalue weighted by atomic mass is 10.2. The summed E-state index contributed by atoms with van der Waals surface area (Å²) in [5.74, 6) is 1.50. The number of nitrogen functional groups attached to an aromatic ring is 1. The van der Waals surface area contributed by atoms with Crippen LogP contribution < -0.4 is 20.3 Å². The van der Waals surface area contributed by atoms with E-state index in [1.165, 1.54) is 21.9 Å². The lowest BCUT2D eigenvalue weighted by Crippen LogP contribution is -2.48. The second-order valence-electron chi connectivity index (χ2n) is 8.33. The highest BCUT2D eigenvalue weighted by Gasteiger charge is 2.19. The first kappa shape index (κ1) is 20.3. The number of methoxy groups -OCH3 is 1. The summed E-state index contributed by atoms with van der Waals surface area (Å²) in [4.78, 5) is 18.6. The molecule has 0 radical (unpaired) electrons. The van der Waals surface area contributed by atoms with Crippen LogP contribution in [0, 0.1) is 0 Å². The molecule has 36 heavy (non-hydrogen) atoms. The summed E-state index contributed by atoms with van der Waals surface area (Å²) in [5.41, 5.74) is 7.59. The smallest absolute Gasteiger partial charge is 0.266 e. The highest BCUT2D eigenvalue weighted by Crippen LogP contribution is 2.22. The number of hydrogen-bond donors (Lipinski definition) is 1. The van der Waals surface area contributed by atoms with E-state index in [0.29, 0.717) is 25.4 Å². The van der Waals surface area contributed by atoms with Crippen LogP contribution in [0.4, 0.5) is 17.5 Å². The van der Waals surface area contributed by atoms with E-state index in [1.807, 2.05) is 12.1 Å². The Morgan fingerprint density at radius 3 is 2.69 bits per heavy atom. The SMILES string of the molecule is [2H]C([2H])([2H])N(CCN1CCN(c2ccc(OCCOC)cc2)CC1)c1cc2nc(-c3ncco3)nn2c(N)n1. The van der Waals surface area contributed by atoms with Crippen LogP contribution in [0.3, 0.4) is 0 Å². The molecule has 4 aromatic rings. The van der Waals surface area contributed by atoms with Gasteiger partial charge in [0.15, 0.2) is 5.65 Å². The first-order valence-corrected chi connectivity index (χ1v) is 11.7. The largest absolute Gasteiger partial charge is 0.491 e. The van der Waals surface area contributed by atoms with Crippen molar-refractivity contribution in [3.8, 4) is 17.5 Å². The number of fused-ring (bicyclic) bond motifs is 1. The molecule has 1 saturated heterocycles. The van der Waals surface area contributed by atoms with E-state index in [0.717, 1.165) is 37.6 Å². The molecule has 12 nitrogen and oxygen atoms in total. The van der Waals surface area contributed by atoms with E-state index >= 15 is 0 Å².